The molecule has 1 aliphatic heterocycles. The van der Waals surface area contributed by atoms with E-state index < -0.39 is 0 Å². The highest BCUT2D eigenvalue weighted by atomic mass is 79.9. The van der Waals surface area contributed by atoms with Crippen LogP contribution >= 0.6 is 15.9 Å². The summed E-state index contributed by atoms with van der Waals surface area (Å²) in [5, 5.41) is 0. The van der Waals surface area contributed by atoms with Crippen molar-refractivity contribution in [2.24, 2.45) is 0 Å². The van der Waals surface area contributed by atoms with Gasteiger partial charge in [0, 0.05) is 0 Å². The Bertz CT molecular complexity index is 338. The lowest BCUT2D eigenvalue weighted by Crippen LogP contribution is -1.93. The van der Waals surface area contributed by atoms with Gasteiger partial charge in [-0.05, 0) is 17.7 Å². The van der Waals surface area contributed by atoms with Gasteiger partial charge < -0.3 is 14.3 Å². The highest BCUT2D eigenvalue weighted by Crippen LogP contribution is 2.35. The molecule has 2 rings (SSSR count). The van der Waals surface area contributed by atoms with Gasteiger partial charge in [0.25, 0.3) is 0 Å². The van der Waals surface area contributed by atoms with Crippen LogP contribution in [0.1, 0.15) is 10.4 Å². The van der Waals surface area contributed by atoms with Crippen LogP contribution in [0.2, 0.25) is 0 Å². The van der Waals surface area contributed by atoms with Crippen molar-refractivity contribution < 1.29 is 14.3 Å². The van der Waals surface area contributed by atoms with Crippen LogP contribution in [-0.2, 0) is 4.79 Å². The van der Waals surface area contributed by atoms with Crippen molar-refractivity contribution in [2.75, 3.05) is 6.79 Å². The molecule has 0 radical (unpaired) electrons. The Labute approximate surface area is 83.8 Å². The molecule has 0 saturated carbocycles. The van der Waals surface area contributed by atoms with Crippen LogP contribution in [0.15, 0.2) is 18.2 Å². The first-order valence-corrected chi connectivity index (χ1v) is 4.72. The number of benzene rings is 1. The zero-order valence-corrected chi connectivity index (χ0v) is 8.28. The molecule has 1 unspecified atom stereocenters. The Morgan fingerprint density at radius 3 is 2.92 bits per heavy atom. The average molecular weight is 243 g/mol. The highest BCUT2D eigenvalue weighted by Gasteiger charge is 2.15. The zero-order chi connectivity index (χ0) is 9.26. The van der Waals surface area contributed by atoms with Crippen molar-refractivity contribution >= 4 is 22.2 Å². The molecule has 13 heavy (non-hydrogen) atoms. The van der Waals surface area contributed by atoms with Crippen LogP contribution < -0.4 is 9.47 Å². The van der Waals surface area contributed by atoms with E-state index in [0.717, 1.165) is 17.6 Å². The first kappa shape index (κ1) is 8.56. The first-order valence-electron chi connectivity index (χ1n) is 3.80. The van der Waals surface area contributed by atoms with E-state index in [0.29, 0.717) is 5.75 Å². The summed E-state index contributed by atoms with van der Waals surface area (Å²) in [6.07, 6.45) is 0.831. The molecule has 0 amide bonds. The largest absolute Gasteiger partial charge is 0.454 e. The van der Waals surface area contributed by atoms with Crippen molar-refractivity contribution in [2.45, 2.75) is 4.83 Å². The number of alkyl halides is 1. The number of ether oxygens (including phenoxy) is 2. The molecule has 0 spiro atoms. The Morgan fingerprint density at radius 1 is 1.38 bits per heavy atom. The average Bonchev–Trinajstić information content (AvgIpc) is 2.63. The van der Waals surface area contributed by atoms with E-state index in [1.54, 1.807) is 12.1 Å². The van der Waals surface area contributed by atoms with Gasteiger partial charge >= 0.3 is 0 Å². The minimum atomic E-state index is -0.276. The molecule has 0 fully saturated rings. The number of hydrogen-bond acceptors (Lipinski definition) is 3. The molecule has 0 bridgehead atoms. The maximum atomic E-state index is 10.5. The smallest absolute Gasteiger partial charge is 0.231 e. The lowest BCUT2D eigenvalue weighted by molar-refractivity contribution is -0.107. The van der Waals surface area contributed by atoms with Crippen LogP contribution in [0.4, 0.5) is 0 Å². The topological polar surface area (TPSA) is 35.5 Å². The summed E-state index contributed by atoms with van der Waals surface area (Å²) < 4.78 is 10.3. The zero-order valence-electron chi connectivity index (χ0n) is 6.70. The summed E-state index contributed by atoms with van der Waals surface area (Å²) in [5.41, 5.74) is 0.874. The van der Waals surface area contributed by atoms with E-state index in [1.165, 1.54) is 0 Å². The molecule has 4 heteroatoms. The maximum absolute atomic E-state index is 10.5. The number of carbonyl (C=O) groups excluding carboxylic acids is 1. The van der Waals surface area contributed by atoms with Gasteiger partial charge in [-0.1, -0.05) is 22.0 Å². The fourth-order valence-electron chi connectivity index (χ4n) is 1.16. The fraction of sp³-hybridized carbons (Fsp3) is 0.222. The van der Waals surface area contributed by atoms with E-state index in [1.807, 2.05) is 6.07 Å². The van der Waals surface area contributed by atoms with Crippen LogP contribution in [0.25, 0.3) is 0 Å². The second-order valence-corrected chi connectivity index (χ2v) is 3.64. The third-order valence-corrected chi connectivity index (χ3v) is 2.58. The van der Waals surface area contributed by atoms with Crippen molar-refractivity contribution in [3.63, 3.8) is 0 Å². The molecule has 1 aromatic carbocycles. The SMILES string of the molecule is O=CC(Br)c1ccc2c(c1)OCO2. The Morgan fingerprint density at radius 2 is 2.15 bits per heavy atom. The van der Waals surface area contributed by atoms with Gasteiger partial charge in [-0.25, -0.2) is 0 Å². The van der Waals surface area contributed by atoms with Crippen LogP contribution in [-0.4, -0.2) is 13.1 Å². The minimum absolute atomic E-state index is 0.257. The summed E-state index contributed by atoms with van der Waals surface area (Å²) in [6, 6.07) is 5.44. The first-order chi connectivity index (χ1) is 6.31. The second kappa shape index (κ2) is 3.38. The highest BCUT2D eigenvalue weighted by molar-refractivity contribution is 9.09. The monoisotopic (exact) mass is 242 g/mol. The Kier molecular flexibility index (Phi) is 2.22. The summed E-state index contributed by atoms with van der Waals surface area (Å²) in [4.78, 5) is 10.2. The predicted octanol–water partition coefficient (Wildman–Crippen LogP) is 2.05. The summed E-state index contributed by atoms with van der Waals surface area (Å²) in [6.45, 7) is 0.257. The maximum Gasteiger partial charge on any atom is 0.231 e. The lowest BCUT2D eigenvalue weighted by Gasteiger charge is -2.02. The molecular weight excluding hydrogens is 236 g/mol. The molecule has 1 aliphatic rings. The standard InChI is InChI=1S/C9H7BrO3/c10-7(4-11)6-1-2-8-9(3-6)13-5-12-8/h1-4,7H,5H2. The third kappa shape index (κ3) is 1.54. The van der Waals surface area contributed by atoms with Crippen LogP contribution in [0, 0.1) is 0 Å². The van der Waals surface area contributed by atoms with Gasteiger partial charge in [0.05, 0.1) is 4.83 Å². The Balaban J connectivity index is 2.35. The molecule has 0 aliphatic carbocycles. The van der Waals surface area contributed by atoms with Crippen molar-refractivity contribution in [1.82, 2.24) is 0 Å². The fourth-order valence-corrected chi connectivity index (χ4v) is 1.45. The third-order valence-electron chi connectivity index (χ3n) is 1.83. The quantitative estimate of drug-likeness (QED) is 0.589. The molecule has 1 aromatic rings. The van der Waals surface area contributed by atoms with E-state index in [2.05, 4.69) is 15.9 Å². The number of halogens is 1. The molecule has 0 saturated heterocycles. The van der Waals surface area contributed by atoms with Gasteiger partial charge in [0.15, 0.2) is 11.5 Å². The van der Waals surface area contributed by atoms with Crippen LogP contribution in [0.5, 0.6) is 11.5 Å². The van der Waals surface area contributed by atoms with Crippen molar-refractivity contribution in [3.8, 4) is 11.5 Å². The minimum Gasteiger partial charge on any atom is -0.454 e. The van der Waals surface area contributed by atoms with Gasteiger partial charge in [-0.15, -0.1) is 0 Å². The molecule has 1 atom stereocenters. The lowest BCUT2D eigenvalue weighted by atomic mass is 10.1. The second-order valence-electron chi connectivity index (χ2n) is 2.65. The number of rotatable bonds is 2. The van der Waals surface area contributed by atoms with Gasteiger partial charge in [-0.2, -0.15) is 0 Å². The molecule has 0 N–H and O–H groups in total. The van der Waals surface area contributed by atoms with Crippen molar-refractivity contribution in [3.05, 3.63) is 23.8 Å². The molecular formula is C9H7BrO3. The van der Waals surface area contributed by atoms with E-state index >= 15 is 0 Å². The van der Waals surface area contributed by atoms with Gasteiger partial charge in [0.1, 0.15) is 6.29 Å². The summed E-state index contributed by atoms with van der Waals surface area (Å²) >= 11 is 3.23. The number of carbonyl (C=O) groups is 1. The van der Waals surface area contributed by atoms with Gasteiger partial charge in [0.2, 0.25) is 6.79 Å². The Hall–Kier alpha value is -1.03. The number of aldehydes is 1. The predicted molar refractivity (Wildman–Crippen MR) is 50.3 cm³/mol. The van der Waals surface area contributed by atoms with Gasteiger partial charge in [-0.3, -0.25) is 0 Å². The molecule has 68 valence electrons. The molecule has 1 heterocycles. The van der Waals surface area contributed by atoms with Crippen molar-refractivity contribution in [1.29, 1.82) is 0 Å². The van der Waals surface area contributed by atoms with Crippen LogP contribution in [0.3, 0.4) is 0 Å². The van der Waals surface area contributed by atoms with E-state index in [4.69, 9.17) is 9.47 Å². The number of fused-ring (bicyclic) bond motifs is 1. The molecule has 0 aromatic heterocycles. The van der Waals surface area contributed by atoms with E-state index in [-0.39, 0.29) is 11.6 Å². The summed E-state index contributed by atoms with van der Waals surface area (Å²) in [5.74, 6) is 1.43. The number of hydrogen-bond donors (Lipinski definition) is 0. The summed E-state index contributed by atoms with van der Waals surface area (Å²) in [7, 11) is 0. The van der Waals surface area contributed by atoms with E-state index in [9.17, 15) is 4.79 Å². The molecule has 3 nitrogen and oxygen atoms in total. The normalized spacial score (nSPS) is 15.5.